The Labute approximate surface area is 107 Å². The molecular weight excluding hydrogens is 232 g/mol. The number of carboxylic acid groups (broad SMARTS) is 1. The molecule has 1 saturated heterocycles. The normalized spacial score (nSPS) is 27.3. The van der Waals surface area contributed by atoms with E-state index in [4.69, 9.17) is 14.6 Å². The third-order valence-electron chi connectivity index (χ3n) is 3.04. The van der Waals surface area contributed by atoms with Crippen molar-refractivity contribution in [3.8, 4) is 0 Å². The molecule has 1 aromatic rings. The van der Waals surface area contributed by atoms with Gasteiger partial charge in [0.15, 0.2) is 5.79 Å². The summed E-state index contributed by atoms with van der Waals surface area (Å²) in [5.74, 6) is -1.57. The van der Waals surface area contributed by atoms with E-state index in [1.807, 2.05) is 38.1 Å². The maximum Gasteiger partial charge on any atom is 0.306 e. The Morgan fingerprint density at radius 3 is 2.72 bits per heavy atom. The molecule has 4 nitrogen and oxygen atoms in total. The van der Waals surface area contributed by atoms with Gasteiger partial charge in [0.25, 0.3) is 0 Å². The van der Waals surface area contributed by atoms with Gasteiger partial charge in [-0.15, -0.1) is 0 Å². The first-order valence-corrected chi connectivity index (χ1v) is 6.06. The second-order valence-electron chi connectivity index (χ2n) is 4.94. The molecule has 2 unspecified atom stereocenters. The molecule has 0 spiro atoms. The van der Waals surface area contributed by atoms with Crippen LogP contribution in [-0.2, 0) is 20.7 Å². The molecule has 1 fully saturated rings. The summed E-state index contributed by atoms with van der Waals surface area (Å²) in [6, 6.07) is 8.17. The van der Waals surface area contributed by atoms with Gasteiger partial charge in [0, 0.05) is 6.42 Å². The van der Waals surface area contributed by atoms with Crippen LogP contribution in [0.4, 0.5) is 0 Å². The molecule has 1 heterocycles. The average Bonchev–Trinajstić information content (AvgIpc) is 2.63. The van der Waals surface area contributed by atoms with Gasteiger partial charge in [-0.3, -0.25) is 4.79 Å². The number of aliphatic carboxylic acids is 1. The van der Waals surface area contributed by atoms with Crippen molar-refractivity contribution in [2.24, 2.45) is 0 Å². The van der Waals surface area contributed by atoms with Crippen molar-refractivity contribution in [3.05, 3.63) is 35.4 Å². The largest absolute Gasteiger partial charge is 0.481 e. The summed E-state index contributed by atoms with van der Waals surface area (Å²) in [5.41, 5.74) is 2.33. The van der Waals surface area contributed by atoms with Crippen LogP contribution in [0.2, 0.25) is 0 Å². The number of aryl methyl sites for hydroxylation is 1. The number of hydrogen-bond donors (Lipinski definition) is 1. The minimum Gasteiger partial charge on any atom is -0.481 e. The van der Waals surface area contributed by atoms with Crippen LogP contribution in [0.25, 0.3) is 0 Å². The maximum absolute atomic E-state index is 10.6. The summed E-state index contributed by atoms with van der Waals surface area (Å²) in [6.45, 7) is 4.24. The maximum atomic E-state index is 10.6. The molecule has 1 aliphatic heterocycles. The summed E-state index contributed by atoms with van der Waals surface area (Å²) in [4.78, 5) is 10.6. The molecule has 4 heteroatoms. The van der Waals surface area contributed by atoms with Crippen LogP contribution >= 0.6 is 0 Å². The lowest BCUT2D eigenvalue weighted by Gasteiger charge is -2.23. The van der Waals surface area contributed by atoms with Crippen molar-refractivity contribution < 1.29 is 19.4 Å². The highest BCUT2D eigenvalue weighted by molar-refractivity contribution is 5.67. The highest BCUT2D eigenvalue weighted by Gasteiger charge is 2.38. The van der Waals surface area contributed by atoms with E-state index < -0.39 is 11.8 Å². The SMILES string of the molecule is Cc1ccc(CC2(C)OCC(CC(=O)O)O2)cc1. The predicted molar refractivity (Wildman–Crippen MR) is 66.4 cm³/mol. The molecule has 0 saturated carbocycles. The number of rotatable bonds is 4. The van der Waals surface area contributed by atoms with E-state index in [0.717, 1.165) is 5.56 Å². The first kappa shape index (κ1) is 13.1. The smallest absolute Gasteiger partial charge is 0.306 e. The standard InChI is InChI=1S/C14H18O4/c1-10-3-5-11(6-4-10)8-14(2)17-9-12(18-14)7-13(15)16/h3-6,12H,7-9H2,1-2H3,(H,15,16). The molecule has 0 aliphatic carbocycles. The number of carbonyl (C=O) groups is 1. The quantitative estimate of drug-likeness (QED) is 0.889. The first-order chi connectivity index (χ1) is 8.47. The average molecular weight is 250 g/mol. The zero-order valence-corrected chi connectivity index (χ0v) is 10.7. The summed E-state index contributed by atoms with van der Waals surface area (Å²) in [7, 11) is 0. The van der Waals surface area contributed by atoms with Crippen molar-refractivity contribution in [2.45, 2.75) is 38.6 Å². The van der Waals surface area contributed by atoms with Gasteiger partial charge in [-0.1, -0.05) is 29.8 Å². The van der Waals surface area contributed by atoms with Gasteiger partial charge in [-0.2, -0.15) is 0 Å². The van der Waals surface area contributed by atoms with E-state index in [2.05, 4.69) is 0 Å². The molecule has 0 bridgehead atoms. The predicted octanol–water partition coefficient (Wildman–Crippen LogP) is 2.14. The van der Waals surface area contributed by atoms with Gasteiger partial charge < -0.3 is 14.6 Å². The second kappa shape index (κ2) is 5.08. The molecule has 1 N–H and O–H groups in total. The van der Waals surface area contributed by atoms with E-state index in [0.29, 0.717) is 13.0 Å². The number of benzene rings is 1. The molecule has 2 rings (SSSR count). The lowest BCUT2D eigenvalue weighted by Crippen LogP contribution is -2.30. The molecular formula is C14H18O4. The Kier molecular flexibility index (Phi) is 3.68. The third kappa shape index (κ3) is 3.31. The highest BCUT2D eigenvalue weighted by atomic mass is 16.7. The Morgan fingerprint density at radius 2 is 2.11 bits per heavy atom. The fourth-order valence-electron chi connectivity index (χ4n) is 2.15. The summed E-state index contributed by atoms with van der Waals surface area (Å²) in [5, 5.41) is 8.73. The Balaban J connectivity index is 1.97. The monoisotopic (exact) mass is 250 g/mol. The van der Waals surface area contributed by atoms with E-state index in [-0.39, 0.29) is 12.5 Å². The van der Waals surface area contributed by atoms with E-state index in [1.165, 1.54) is 5.56 Å². The molecule has 0 aromatic heterocycles. The Morgan fingerprint density at radius 1 is 1.44 bits per heavy atom. The minimum atomic E-state index is -0.858. The third-order valence-corrected chi connectivity index (χ3v) is 3.04. The van der Waals surface area contributed by atoms with Gasteiger partial charge in [0.05, 0.1) is 19.1 Å². The summed E-state index contributed by atoms with van der Waals surface area (Å²) < 4.78 is 11.3. The number of hydrogen-bond acceptors (Lipinski definition) is 3. The van der Waals surface area contributed by atoms with Crippen LogP contribution in [0.1, 0.15) is 24.5 Å². The van der Waals surface area contributed by atoms with Gasteiger partial charge >= 0.3 is 5.97 Å². The van der Waals surface area contributed by atoms with Crippen LogP contribution in [-0.4, -0.2) is 29.6 Å². The highest BCUT2D eigenvalue weighted by Crippen LogP contribution is 2.28. The minimum absolute atomic E-state index is 0.0104. The van der Waals surface area contributed by atoms with Crippen molar-refractivity contribution in [1.82, 2.24) is 0 Å². The molecule has 0 radical (unpaired) electrons. The molecule has 18 heavy (non-hydrogen) atoms. The molecule has 98 valence electrons. The second-order valence-corrected chi connectivity index (χ2v) is 4.94. The summed E-state index contributed by atoms with van der Waals surface area (Å²) in [6.07, 6.45) is 0.269. The lowest BCUT2D eigenvalue weighted by molar-refractivity contribution is -0.158. The Bertz CT molecular complexity index is 426. The summed E-state index contributed by atoms with van der Waals surface area (Å²) >= 11 is 0. The van der Waals surface area contributed by atoms with Crippen LogP contribution in [0.15, 0.2) is 24.3 Å². The van der Waals surface area contributed by atoms with Crippen molar-refractivity contribution >= 4 is 5.97 Å². The number of carboxylic acids is 1. The van der Waals surface area contributed by atoms with Crippen molar-refractivity contribution in [2.75, 3.05) is 6.61 Å². The Hall–Kier alpha value is -1.39. The van der Waals surface area contributed by atoms with Crippen LogP contribution < -0.4 is 0 Å². The van der Waals surface area contributed by atoms with Gasteiger partial charge in [0.1, 0.15) is 0 Å². The van der Waals surface area contributed by atoms with Gasteiger partial charge in [-0.05, 0) is 19.4 Å². The van der Waals surface area contributed by atoms with Crippen LogP contribution in [0, 0.1) is 6.92 Å². The molecule has 2 atom stereocenters. The lowest BCUT2D eigenvalue weighted by atomic mass is 10.0. The fraction of sp³-hybridized carbons (Fsp3) is 0.500. The molecule has 1 aromatic carbocycles. The molecule has 0 amide bonds. The zero-order valence-electron chi connectivity index (χ0n) is 10.7. The van der Waals surface area contributed by atoms with Crippen LogP contribution in [0.5, 0.6) is 0 Å². The molecule has 1 aliphatic rings. The first-order valence-electron chi connectivity index (χ1n) is 6.06. The van der Waals surface area contributed by atoms with Crippen LogP contribution in [0.3, 0.4) is 0 Å². The van der Waals surface area contributed by atoms with E-state index in [1.54, 1.807) is 0 Å². The van der Waals surface area contributed by atoms with E-state index >= 15 is 0 Å². The fourth-order valence-corrected chi connectivity index (χ4v) is 2.15. The van der Waals surface area contributed by atoms with Crippen molar-refractivity contribution in [1.29, 1.82) is 0 Å². The van der Waals surface area contributed by atoms with Crippen molar-refractivity contribution in [3.63, 3.8) is 0 Å². The number of ether oxygens (including phenoxy) is 2. The zero-order chi connectivity index (χ0) is 13.2. The van der Waals surface area contributed by atoms with Gasteiger partial charge in [0.2, 0.25) is 0 Å². The van der Waals surface area contributed by atoms with E-state index in [9.17, 15) is 4.79 Å². The van der Waals surface area contributed by atoms with Gasteiger partial charge in [-0.25, -0.2) is 0 Å². The topological polar surface area (TPSA) is 55.8 Å².